The molecule has 0 saturated carbocycles. The molecule has 0 fully saturated rings. The van der Waals surface area contributed by atoms with Crippen LogP contribution in [0, 0.1) is 0 Å². The summed E-state index contributed by atoms with van der Waals surface area (Å²) in [6, 6.07) is 4.84. The zero-order valence-corrected chi connectivity index (χ0v) is 17.9. The second kappa shape index (κ2) is 10.0. The Hall–Kier alpha value is -2.43. The van der Waals surface area contributed by atoms with Gasteiger partial charge in [-0.15, -0.1) is 0 Å². The summed E-state index contributed by atoms with van der Waals surface area (Å²) in [7, 11) is -3.61. The number of rotatable bonds is 9. The molecule has 178 valence electrons. The predicted molar refractivity (Wildman–Crippen MR) is 107 cm³/mol. The minimum absolute atomic E-state index is 0.0609. The van der Waals surface area contributed by atoms with Crippen molar-refractivity contribution in [2.75, 3.05) is 30.6 Å². The molecular weight excluding hydrogens is 465 g/mol. The van der Waals surface area contributed by atoms with Crippen LogP contribution in [0.4, 0.5) is 37.7 Å². The van der Waals surface area contributed by atoms with Gasteiger partial charge in [-0.05, 0) is 38.1 Å². The van der Waals surface area contributed by atoms with Crippen LogP contribution in [-0.4, -0.2) is 19.5 Å². The Kier molecular flexibility index (Phi) is 8.08. The molecule has 2 aromatic carbocycles. The Balaban J connectivity index is 2.42. The second-order valence-corrected chi connectivity index (χ2v) is 8.40. The summed E-state index contributed by atoms with van der Waals surface area (Å²) in [5.74, 6) is -1.26. The Labute approximate surface area is 180 Å². The van der Waals surface area contributed by atoms with Crippen molar-refractivity contribution < 1.29 is 44.7 Å². The lowest BCUT2D eigenvalue weighted by molar-refractivity contribution is -0.139. The molecule has 0 heterocycles. The van der Waals surface area contributed by atoms with Gasteiger partial charge in [-0.25, -0.2) is 0 Å². The molecule has 32 heavy (non-hydrogen) atoms. The first-order valence-corrected chi connectivity index (χ1v) is 11.0. The summed E-state index contributed by atoms with van der Waals surface area (Å²) in [4.78, 5) is 0. The molecule has 0 amide bonds. The summed E-state index contributed by atoms with van der Waals surface area (Å²) in [6.45, 7) is 3.29. The Bertz CT molecular complexity index is 971. The van der Waals surface area contributed by atoms with E-state index in [0.717, 1.165) is 24.3 Å². The molecular formula is C19H21F6N2O4P. The number of alkyl halides is 6. The number of nitrogens with two attached hydrogens (primary N) is 1. The maximum Gasteiger partial charge on any atom is 0.420 e. The summed E-state index contributed by atoms with van der Waals surface area (Å²) in [6.07, 6.45) is -10.0. The zero-order chi connectivity index (χ0) is 24.2. The van der Waals surface area contributed by atoms with Crippen LogP contribution in [0.1, 0.15) is 25.0 Å². The molecule has 0 spiro atoms. The van der Waals surface area contributed by atoms with E-state index in [1.807, 2.05) is 0 Å². The molecule has 3 N–H and O–H groups in total. The van der Waals surface area contributed by atoms with Crippen molar-refractivity contribution in [1.29, 1.82) is 0 Å². The van der Waals surface area contributed by atoms with E-state index in [1.165, 1.54) is 0 Å². The lowest BCUT2D eigenvalue weighted by Crippen LogP contribution is -2.12. The van der Waals surface area contributed by atoms with Crippen LogP contribution in [0.15, 0.2) is 36.4 Å². The van der Waals surface area contributed by atoms with E-state index in [0.29, 0.717) is 12.1 Å². The Morgan fingerprint density at radius 1 is 0.969 bits per heavy atom. The minimum Gasteiger partial charge on any atom is -0.457 e. The summed E-state index contributed by atoms with van der Waals surface area (Å²) < 4.78 is 107. The smallest absolute Gasteiger partial charge is 0.420 e. The van der Waals surface area contributed by atoms with E-state index in [1.54, 1.807) is 13.8 Å². The van der Waals surface area contributed by atoms with Crippen LogP contribution >= 0.6 is 7.60 Å². The van der Waals surface area contributed by atoms with Crippen molar-refractivity contribution >= 4 is 19.0 Å². The topological polar surface area (TPSA) is 82.8 Å². The molecule has 6 nitrogen and oxygen atoms in total. The van der Waals surface area contributed by atoms with Gasteiger partial charge in [-0.2, -0.15) is 26.3 Å². The highest BCUT2D eigenvalue weighted by Crippen LogP contribution is 2.49. The Morgan fingerprint density at radius 2 is 1.59 bits per heavy atom. The number of hydrogen-bond donors (Lipinski definition) is 2. The van der Waals surface area contributed by atoms with Gasteiger partial charge in [0.05, 0.1) is 30.2 Å². The van der Waals surface area contributed by atoms with Gasteiger partial charge in [0.1, 0.15) is 23.3 Å². The number of ether oxygens (including phenoxy) is 1. The standard InChI is InChI=1S/C19H21F6N2O4P/c1-3-29-32(28,30-4-2)11-27-16-10-17(14(9-15(16)26)19(23,24)25)31-13-7-5-6-12(8-13)18(20,21)22/h5-10,27H,3-4,11,26H2,1-2H3. The third kappa shape index (κ3) is 6.78. The number of anilines is 2. The molecule has 0 unspecified atom stereocenters. The van der Waals surface area contributed by atoms with Crippen LogP contribution in [0.2, 0.25) is 0 Å². The van der Waals surface area contributed by atoms with Gasteiger partial charge in [0.25, 0.3) is 0 Å². The van der Waals surface area contributed by atoms with E-state index >= 15 is 0 Å². The van der Waals surface area contributed by atoms with Gasteiger partial charge in [0.15, 0.2) is 0 Å². The molecule has 0 aliphatic carbocycles. The maximum absolute atomic E-state index is 13.5. The molecule has 2 rings (SSSR count). The lowest BCUT2D eigenvalue weighted by atomic mass is 10.1. The maximum atomic E-state index is 13.5. The van der Waals surface area contributed by atoms with Gasteiger partial charge in [-0.3, -0.25) is 4.57 Å². The third-order valence-electron chi connectivity index (χ3n) is 3.96. The summed E-state index contributed by atoms with van der Waals surface area (Å²) >= 11 is 0. The van der Waals surface area contributed by atoms with E-state index in [-0.39, 0.29) is 24.6 Å². The first kappa shape index (κ1) is 25.8. The normalized spacial score (nSPS) is 12.6. The van der Waals surface area contributed by atoms with Crippen molar-refractivity contribution in [3.8, 4) is 11.5 Å². The molecule has 0 saturated heterocycles. The van der Waals surface area contributed by atoms with Crippen LogP contribution in [-0.2, 0) is 26.0 Å². The van der Waals surface area contributed by atoms with Crippen molar-refractivity contribution in [3.63, 3.8) is 0 Å². The molecule has 0 bridgehead atoms. The fourth-order valence-electron chi connectivity index (χ4n) is 2.62. The molecule has 0 radical (unpaired) electrons. The van der Waals surface area contributed by atoms with E-state index in [9.17, 15) is 30.9 Å². The molecule has 0 aliphatic rings. The quantitative estimate of drug-likeness (QED) is 0.232. The van der Waals surface area contributed by atoms with Crippen LogP contribution in [0.3, 0.4) is 0 Å². The largest absolute Gasteiger partial charge is 0.457 e. The molecule has 0 aliphatic heterocycles. The fraction of sp³-hybridized carbons (Fsp3) is 0.368. The molecule has 2 aromatic rings. The van der Waals surface area contributed by atoms with Gasteiger partial charge in [-0.1, -0.05) is 6.07 Å². The van der Waals surface area contributed by atoms with Crippen molar-refractivity contribution in [2.24, 2.45) is 0 Å². The third-order valence-corrected chi connectivity index (χ3v) is 5.81. The van der Waals surface area contributed by atoms with Gasteiger partial charge < -0.3 is 24.8 Å². The number of nitrogen functional groups attached to an aromatic ring is 1. The Morgan fingerprint density at radius 3 is 2.12 bits per heavy atom. The van der Waals surface area contributed by atoms with Crippen molar-refractivity contribution in [3.05, 3.63) is 47.5 Å². The number of hydrogen-bond acceptors (Lipinski definition) is 6. The summed E-state index contributed by atoms with van der Waals surface area (Å²) in [5, 5.41) is 2.60. The highest BCUT2D eigenvalue weighted by Gasteiger charge is 2.36. The lowest BCUT2D eigenvalue weighted by Gasteiger charge is -2.21. The molecule has 0 aromatic heterocycles. The second-order valence-electron chi connectivity index (χ2n) is 6.34. The minimum atomic E-state index is -4.91. The first-order valence-electron chi connectivity index (χ1n) is 9.27. The highest BCUT2D eigenvalue weighted by molar-refractivity contribution is 7.53. The zero-order valence-electron chi connectivity index (χ0n) is 17.0. The fourth-order valence-corrected chi connectivity index (χ4v) is 4.03. The first-order chi connectivity index (χ1) is 14.8. The average Bonchev–Trinajstić information content (AvgIpc) is 2.67. The SMILES string of the molecule is CCOP(=O)(CNc1cc(Oc2cccc(C(F)(F)F)c2)c(C(F)(F)F)cc1N)OCC. The summed E-state index contributed by atoms with van der Waals surface area (Å²) in [5.41, 5.74) is 2.86. The average molecular weight is 486 g/mol. The molecule has 0 atom stereocenters. The van der Waals surface area contributed by atoms with Crippen molar-refractivity contribution in [2.45, 2.75) is 26.2 Å². The van der Waals surface area contributed by atoms with Gasteiger partial charge in [0, 0.05) is 6.07 Å². The molecule has 13 heteroatoms. The highest BCUT2D eigenvalue weighted by atomic mass is 31.2. The van der Waals surface area contributed by atoms with E-state index in [4.69, 9.17) is 19.5 Å². The number of halogens is 6. The van der Waals surface area contributed by atoms with Crippen LogP contribution in [0.5, 0.6) is 11.5 Å². The van der Waals surface area contributed by atoms with E-state index in [2.05, 4.69) is 5.32 Å². The predicted octanol–water partition coefficient (Wildman–Crippen LogP) is 6.73. The monoisotopic (exact) mass is 486 g/mol. The number of benzene rings is 2. The van der Waals surface area contributed by atoms with Crippen LogP contribution < -0.4 is 15.8 Å². The van der Waals surface area contributed by atoms with Gasteiger partial charge >= 0.3 is 19.9 Å². The van der Waals surface area contributed by atoms with Gasteiger partial charge in [0.2, 0.25) is 0 Å². The van der Waals surface area contributed by atoms with Crippen molar-refractivity contribution in [1.82, 2.24) is 0 Å². The van der Waals surface area contributed by atoms with Crippen LogP contribution in [0.25, 0.3) is 0 Å². The number of nitrogens with one attached hydrogen (secondary N) is 1. The van der Waals surface area contributed by atoms with E-state index < -0.39 is 48.9 Å².